The molecule has 0 radical (unpaired) electrons. The van der Waals surface area contributed by atoms with Crippen LogP contribution >= 0.6 is 0 Å². The SMILES string of the molecule is CCC1CCC(CNC(C)(C)C)C(CCC2CCCO2)C1. The Morgan fingerprint density at radius 1 is 1.05 bits per heavy atom. The van der Waals surface area contributed by atoms with E-state index in [1.54, 1.807) is 0 Å². The van der Waals surface area contributed by atoms with E-state index in [0.717, 1.165) is 24.4 Å². The highest BCUT2D eigenvalue weighted by Crippen LogP contribution is 2.38. The molecule has 1 saturated carbocycles. The minimum absolute atomic E-state index is 0.251. The molecule has 21 heavy (non-hydrogen) atoms. The summed E-state index contributed by atoms with van der Waals surface area (Å²) in [5.41, 5.74) is 0.251. The lowest BCUT2D eigenvalue weighted by Crippen LogP contribution is -2.42. The van der Waals surface area contributed by atoms with Crippen molar-refractivity contribution in [3.8, 4) is 0 Å². The van der Waals surface area contributed by atoms with Gasteiger partial charge in [-0.1, -0.05) is 19.8 Å². The van der Waals surface area contributed by atoms with Gasteiger partial charge in [-0.3, -0.25) is 0 Å². The molecule has 0 aromatic carbocycles. The molecule has 0 aromatic heterocycles. The molecule has 2 aliphatic rings. The zero-order chi connectivity index (χ0) is 15.3. The molecule has 124 valence electrons. The van der Waals surface area contributed by atoms with Crippen LogP contribution in [0.4, 0.5) is 0 Å². The maximum Gasteiger partial charge on any atom is 0.0576 e. The van der Waals surface area contributed by atoms with Gasteiger partial charge in [-0.25, -0.2) is 0 Å². The van der Waals surface area contributed by atoms with Gasteiger partial charge in [-0.05, 0) is 83.6 Å². The first-order valence-electron chi connectivity index (χ1n) is 9.34. The average Bonchev–Trinajstić information content (AvgIpc) is 2.95. The van der Waals surface area contributed by atoms with Gasteiger partial charge in [0.15, 0.2) is 0 Å². The van der Waals surface area contributed by atoms with E-state index in [1.165, 1.54) is 57.9 Å². The summed E-state index contributed by atoms with van der Waals surface area (Å²) >= 11 is 0. The Bertz CT molecular complexity index is 290. The topological polar surface area (TPSA) is 21.3 Å². The first-order valence-corrected chi connectivity index (χ1v) is 9.34. The van der Waals surface area contributed by atoms with Gasteiger partial charge in [0.05, 0.1) is 6.10 Å². The number of nitrogens with one attached hydrogen (secondary N) is 1. The molecule has 0 spiro atoms. The Morgan fingerprint density at radius 2 is 1.86 bits per heavy atom. The third-order valence-corrected chi connectivity index (χ3v) is 5.60. The highest BCUT2D eigenvalue weighted by molar-refractivity contribution is 4.84. The van der Waals surface area contributed by atoms with Crippen LogP contribution in [-0.2, 0) is 4.74 Å². The van der Waals surface area contributed by atoms with Crippen LogP contribution < -0.4 is 5.32 Å². The smallest absolute Gasteiger partial charge is 0.0576 e. The molecule has 1 aliphatic heterocycles. The predicted molar refractivity (Wildman–Crippen MR) is 90.6 cm³/mol. The zero-order valence-corrected chi connectivity index (χ0v) is 14.8. The zero-order valence-electron chi connectivity index (χ0n) is 14.8. The van der Waals surface area contributed by atoms with E-state index in [2.05, 4.69) is 33.0 Å². The standard InChI is InChI=1S/C19H37NO/c1-5-15-8-9-17(14-20-19(2,3)4)16(13-15)10-11-18-7-6-12-21-18/h15-18,20H,5-14H2,1-4H3. The Morgan fingerprint density at radius 3 is 2.48 bits per heavy atom. The highest BCUT2D eigenvalue weighted by Gasteiger charge is 2.31. The summed E-state index contributed by atoms with van der Waals surface area (Å²) in [7, 11) is 0. The van der Waals surface area contributed by atoms with E-state index in [0.29, 0.717) is 6.10 Å². The van der Waals surface area contributed by atoms with Crippen molar-refractivity contribution in [1.82, 2.24) is 5.32 Å². The molecular formula is C19H37NO. The molecule has 1 N–H and O–H groups in total. The van der Waals surface area contributed by atoms with Crippen LogP contribution in [0.1, 0.15) is 79.1 Å². The first kappa shape index (κ1) is 17.3. The molecule has 4 atom stereocenters. The highest BCUT2D eigenvalue weighted by atomic mass is 16.5. The molecule has 1 aliphatic carbocycles. The molecule has 0 bridgehead atoms. The van der Waals surface area contributed by atoms with Crippen LogP contribution in [0, 0.1) is 17.8 Å². The molecule has 2 rings (SSSR count). The van der Waals surface area contributed by atoms with Crippen LogP contribution in [0.25, 0.3) is 0 Å². The monoisotopic (exact) mass is 295 g/mol. The summed E-state index contributed by atoms with van der Waals surface area (Å²) in [5.74, 6) is 2.78. The molecule has 1 saturated heterocycles. The lowest BCUT2D eigenvalue weighted by molar-refractivity contribution is 0.0828. The number of hydrogen-bond donors (Lipinski definition) is 1. The van der Waals surface area contributed by atoms with Crippen LogP contribution in [0.15, 0.2) is 0 Å². The number of rotatable bonds is 6. The van der Waals surface area contributed by atoms with Gasteiger partial charge in [-0.2, -0.15) is 0 Å². The Labute approximate surface area is 132 Å². The second-order valence-corrected chi connectivity index (χ2v) is 8.45. The van der Waals surface area contributed by atoms with Crippen LogP contribution in [-0.4, -0.2) is 24.8 Å². The lowest BCUT2D eigenvalue weighted by Gasteiger charge is -2.38. The van der Waals surface area contributed by atoms with Crippen molar-refractivity contribution >= 4 is 0 Å². The fourth-order valence-electron chi connectivity index (χ4n) is 4.13. The predicted octanol–water partition coefficient (Wildman–Crippen LogP) is 4.78. The second-order valence-electron chi connectivity index (χ2n) is 8.45. The molecule has 2 heteroatoms. The summed E-state index contributed by atoms with van der Waals surface area (Å²) < 4.78 is 5.83. The summed E-state index contributed by atoms with van der Waals surface area (Å²) in [6.45, 7) is 11.4. The summed E-state index contributed by atoms with van der Waals surface area (Å²) in [4.78, 5) is 0. The van der Waals surface area contributed by atoms with Crippen LogP contribution in [0.5, 0.6) is 0 Å². The van der Waals surface area contributed by atoms with Crippen LogP contribution in [0.3, 0.4) is 0 Å². The first-order chi connectivity index (χ1) is 9.98. The molecule has 2 nitrogen and oxygen atoms in total. The van der Waals surface area contributed by atoms with Crippen molar-refractivity contribution in [2.45, 2.75) is 90.7 Å². The summed E-state index contributed by atoms with van der Waals surface area (Å²) in [5, 5.41) is 3.75. The van der Waals surface area contributed by atoms with Crippen molar-refractivity contribution in [1.29, 1.82) is 0 Å². The lowest BCUT2D eigenvalue weighted by atomic mass is 9.71. The second kappa shape index (κ2) is 7.97. The quantitative estimate of drug-likeness (QED) is 0.761. The minimum atomic E-state index is 0.251. The van der Waals surface area contributed by atoms with E-state index >= 15 is 0 Å². The maximum atomic E-state index is 5.83. The van der Waals surface area contributed by atoms with Gasteiger partial charge in [-0.15, -0.1) is 0 Å². The molecule has 0 amide bonds. The Balaban J connectivity index is 1.83. The third kappa shape index (κ3) is 5.90. The fourth-order valence-corrected chi connectivity index (χ4v) is 4.13. The maximum absolute atomic E-state index is 5.83. The Kier molecular flexibility index (Phi) is 6.55. The molecule has 0 aromatic rings. The van der Waals surface area contributed by atoms with Crippen LogP contribution in [0.2, 0.25) is 0 Å². The molecular weight excluding hydrogens is 258 g/mol. The number of hydrogen-bond acceptors (Lipinski definition) is 2. The fraction of sp³-hybridized carbons (Fsp3) is 1.00. The van der Waals surface area contributed by atoms with E-state index in [4.69, 9.17) is 4.74 Å². The number of ether oxygens (including phenoxy) is 1. The van der Waals surface area contributed by atoms with Gasteiger partial charge in [0, 0.05) is 12.1 Å². The average molecular weight is 296 g/mol. The summed E-state index contributed by atoms with van der Waals surface area (Å²) in [6, 6.07) is 0. The van der Waals surface area contributed by atoms with Gasteiger partial charge >= 0.3 is 0 Å². The van der Waals surface area contributed by atoms with E-state index in [-0.39, 0.29) is 5.54 Å². The van der Waals surface area contributed by atoms with Gasteiger partial charge in [0.2, 0.25) is 0 Å². The van der Waals surface area contributed by atoms with Crippen molar-refractivity contribution in [2.24, 2.45) is 17.8 Å². The largest absolute Gasteiger partial charge is 0.378 e. The molecule has 2 fully saturated rings. The van der Waals surface area contributed by atoms with Gasteiger partial charge in [0.25, 0.3) is 0 Å². The Hall–Kier alpha value is -0.0800. The minimum Gasteiger partial charge on any atom is -0.378 e. The van der Waals surface area contributed by atoms with E-state index < -0.39 is 0 Å². The molecule has 1 heterocycles. The van der Waals surface area contributed by atoms with Gasteiger partial charge < -0.3 is 10.1 Å². The summed E-state index contributed by atoms with van der Waals surface area (Å²) in [6.07, 6.45) is 11.5. The van der Waals surface area contributed by atoms with Crippen molar-refractivity contribution in [2.75, 3.05) is 13.2 Å². The van der Waals surface area contributed by atoms with Crippen molar-refractivity contribution in [3.63, 3.8) is 0 Å². The van der Waals surface area contributed by atoms with Crippen molar-refractivity contribution in [3.05, 3.63) is 0 Å². The van der Waals surface area contributed by atoms with Crippen molar-refractivity contribution < 1.29 is 4.74 Å². The molecule has 4 unspecified atom stereocenters. The normalized spacial score (nSPS) is 34.3. The van der Waals surface area contributed by atoms with E-state index in [1.807, 2.05) is 0 Å². The van der Waals surface area contributed by atoms with E-state index in [9.17, 15) is 0 Å². The van der Waals surface area contributed by atoms with Gasteiger partial charge in [0.1, 0.15) is 0 Å². The third-order valence-electron chi connectivity index (χ3n) is 5.60.